The lowest BCUT2D eigenvalue weighted by Gasteiger charge is -2.29. The van der Waals surface area contributed by atoms with Gasteiger partial charge in [0.05, 0.1) is 0 Å². The molecule has 1 fully saturated rings. The van der Waals surface area contributed by atoms with E-state index in [0.29, 0.717) is 0 Å². The Bertz CT molecular complexity index is 862. The lowest BCUT2D eigenvalue weighted by Crippen LogP contribution is -2.33. The Morgan fingerprint density at radius 2 is 1.62 bits per heavy atom. The molecule has 2 aromatic carbocycles. The number of nitrogens with zero attached hydrogens (tertiary/aromatic N) is 2. The van der Waals surface area contributed by atoms with Gasteiger partial charge in [0.2, 0.25) is 0 Å². The molecular formula is C22H23FN2S. The van der Waals surface area contributed by atoms with Gasteiger partial charge in [0.15, 0.2) is 0 Å². The molecule has 0 spiro atoms. The summed E-state index contributed by atoms with van der Waals surface area (Å²) in [6.45, 7) is 4.27. The van der Waals surface area contributed by atoms with E-state index in [2.05, 4.69) is 52.9 Å². The zero-order valence-electron chi connectivity index (χ0n) is 15.0. The van der Waals surface area contributed by atoms with E-state index < -0.39 is 0 Å². The molecule has 0 saturated carbocycles. The van der Waals surface area contributed by atoms with Gasteiger partial charge < -0.3 is 9.47 Å². The van der Waals surface area contributed by atoms with Crippen LogP contribution >= 0.6 is 11.8 Å². The van der Waals surface area contributed by atoms with Crippen molar-refractivity contribution in [1.82, 2.24) is 4.57 Å². The molecule has 0 N–H and O–H groups in total. The average molecular weight is 367 g/mol. The van der Waals surface area contributed by atoms with Crippen LogP contribution in [-0.2, 0) is 6.42 Å². The number of hydrogen-bond donors (Lipinski definition) is 0. The van der Waals surface area contributed by atoms with Gasteiger partial charge in [-0.15, -0.1) is 0 Å². The molecule has 3 aromatic rings. The number of aryl methyl sites for hydroxylation is 1. The highest BCUT2D eigenvalue weighted by atomic mass is 32.2. The van der Waals surface area contributed by atoms with Gasteiger partial charge in [0.1, 0.15) is 11.6 Å². The van der Waals surface area contributed by atoms with E-state index in [0.717, 1.165) is 25.1 Å². The zero-order chi connectivity index (χ0) is 17.9. The molecule has 0 bridgehead atoms. The maximum Gasteiger partial charge on any atom is 0.123 e. The standard InChI is InChI=1S/C22H23FN2S/c1-17-2-8-21(9-3-17)25-16-19(14-18-4-6-20(23)7-5-18)15-22(25)24-10-12-26-13-11-24/h2-9,15-16H,10-14H2,1H3. The second-order valence-corrected chi connectivity index (χ2v) is 8.04. The van der Waals surface area contributed by atoms with Gasteiger partial charge in [-0.2, -0.15) is 11.8 Å². The first-order chi connectivity index (χ1) is 12.7. The van der Waals surface area contributed by atoms with Crippen molar-refractivity contribution in [3.05, 3.63) is 83.3 Å². The van der Waals surface area contributed by atoms with Crippen molar-refractivity contribution < 1.29 is 4.39 Å². The van der Waals surface area contributed by atoms with Crippen LogP contribution in [-0.4, -0.2) is 29.2 Å². The van der Waals surface area contributed by atoms with E-state index in [1.807, 2.05) is 23.9 Å². The van der Waals surface area contributed by atoms with Crippen LogP contribution in [0.15, 0.2) is 60.8 Å². The Labute approximate surface area is 158 Å². The predicted molar refractivity (Wildman–Crippen MR) is 109 cm³/mol. The molecule has 26 heavy (non-hydrogen) atoms. The zero-order valence-corrected chi connectivity index (χ0v) is 15.8. The second-order valence-electron chi connectivity index (χ2n) is 6.81. The smallest absolute Gasteiger partial charge is 0.123 e. The highest BCUT2D eigenvalue weighted by Gasteiger charge is 2.17. The first-order valence-electron chi connectivity index (χ1n) is 9.04. The monoisotopic (exact) mass is 366 g/mol. The van der Waals surface area contributed by atoms with Crippen LogP contribution in [0.4, 0.5) is 10.2 Å². The fourth-order valence-electron chi connectivity index (χ4n) is 3.39. The molecule has 1 saturated heterocycles. The maximum absolute atomic E-state index is 13.2. The van der Waals surface area contributed by atoms with Crippen LogP contribution in [0, 0.1) is 12.7 Å². The first kappa shape index (κ1) is 17.2. The van der Waals surface area contributed by atoms with Crippen LogP contribution in [0.5, 0.6) is 0 Å². The van der Waals surface area contributed by atoms with Crippen LogP contribution in [0.2, 0.25) is 0 Å². The van der Waals surface area contributed by atoms with Gasteiger partial charge >= 0.3 is 0 Å². The third kappa shape index (κ3) is 3.80. The summed E-state index contributed by atoms with van der Waals surface area (Å²) in [6.07, 6.45) is 3.04. The van der Waals surface area contributed by atoms with E-state index in [4.69, 9.17) is 0 Å². The molecule has 2 heterocycles. The summed E-state index contributed by atoms with van der Waals surface area (Å²) >= 11 is 2.02. The molecule has 0 unspecified atom stereocenters. The fourth-order valence-corrected chi connectivity index (χ4v) is 4.29. The second kappa shape index (κ2) is 7.58. The quantitative estimate of drug-likeness (QED) is 0.637. The van der Waals surface area contributed by atoms with Gasteiger partial charge in [-0.25, -0.2) is 4.39 Å². The van der Waals surface area contributed by atoms with E-state index in [1.54, 1.807) is 0 Å². The summed E-state index contributed by atoms with van der Waals surface area (Å²) in [5.41, 5.74) is 4.84. The lowest BCUT2D eigenvalue weighted by atomic mass is 10.1. The molecule has 0 amide bonds. The largest absolute Gasteiger partial charge is 0.356 e. The summed E-state index contributed by atoms with van der Waals surface area (Å²) in [5.74, 6) is 3.42. The number of thioether (sulfide) groups is 1. The fraction of sp³-hybridized carbons (Fsp3) is 0.273. The summed E-state index contributed by atoms with van der Waals surface area (Å²) in [6, 6.07) is 17.8. The van der Waals surface area contributed by atoms with Crippen LogP contribution in [0.1, 0.15) is 16.7 Å². The minimum absolute atomic E-state index is 0.183. The molecule has 1 aromatic heterocycles. The summed E-state index contributed by atoms with van der Waals surface area (Å²) in [4.78, 5) is 2.48. The molecule has 2 nitrogen and oxygen atoms in total. The molecule has 4 rings (SSSR count). The SMILES string of the molecule is Cc1ccc(-n2cc(Cc3ccc(F)cc3)cc2N2CCSCC2)cc1. The summed E-state index contributed by atoms with van der Waals surface area (Å²) < 4.78 is 15.5. The third-order valence-electron chi connectivity index (χ3n) is 4.82. The van der Waals surface area contributed by atoms with Gasteiger partial charge in [-0.1, -0.05) is 29.8 Å². The van der Waals surface area contributed by atoms with Gasteiger partial charge in [0, 0.05) is 36.5 Å². The molecular weight excluding hydrogens is 343 g/mol. The number of benzene rings is 2. The minimum Gasteiger partial charge on any atom is -0.356 e. The average Bonchev–Trinajstić information content (AvgIpc) is 3.09. The highest BCUT2D eigenvalue weighted by molar-refractivity contribution is 7.99. The normalized spacial score (nSPS) is 14.6. The lowest BCUT2D eigenvalue weighted by molar-refractivity contribution is 0.627. The number of rotatable bonds is 4. The number of halogens is 1. The Morgan fingerprint density at radius 1 is 0.923 bits per heavy atom. The summed E-state index contributed by atoms with van der Waals surface area (Å²) in [5, 5.41) is 0. The molecule has 1 aliphatic rings. The topological polar surface area (TPSA) is 8.17 Å². The molecule has 134 valence electrons. The van der Waals surface area contributed by atoms with Crippen molar-refractivity contribution in [3.8, 4) is 5.69 Å². The van der Waals surface area contributed by atoms with Crippen LogP contribution in [0.25, 0.3) is 5.69 Å². The molecule has 4 heteroatoms. The molecule has 0 radical (unpaired) electrons. The van der Waals surface area contributed by atoms with E-state index in [1.165, 1.54) is 46.3 Å². The van der Waals surface area contributed by atoms with Crippen molar-refractivity contribution in [1.29, 1.82) is 0 Å². The van der Waals surface area contributed by atoms with Crippen molar-refractivity contribution in [2.75, 3.05) is 29.5 Å². The van der Waals surface area contributed by atoms with Crippen LogP contribution in [0.3, 0.4) is 0 Å². The van der Waals surface area contributed by atoms with Crippen LogP contribution < -0.4 is 4.90 Å². The number of hydrogen-bond acceptors (Lipinski definition) is 2. The molecule has 0 aliphatic carbocycles. The summed E-state index contributed by atoms with van der Waals surface area (Å²) in [7, 11) is 0. The Hall–Kier alpha value is -2.20. The Morgan fingerprint density at radius 3 is 2.31 bits per heavy atom. The van der Waals surface area contributed by atoms with E-state index in [-0.39, 0.29) is 5.82 Å². The highest BCUT2D eigenvalue weighted by Crippen LogP contribution is 2.27. The van der Waals surface area contributed by atoms with Crippen molar-refractivity contribution in [3.63, 3.8) is 0 Å². The number of aromatic nitrogens is 1. The van der Waals surface area contributed by atoms with Gasteiger partial charge in [-0.05, 0) is 54.8 Å². The molecule has 0 atom stereocenters. The van der Waals surface area contributed by atoms with Crippen molar-refractivity contribution in [2.24, 2.45) is 0 Å². The molecule has 1 aliphatic heterocycles. The van der Waals surface area contributed by atoms with Crippen molar-refractivity contribution >= 4 is 17.6 Å². The number of anilines is 1. The van der Waals surface area contributed by atoms with E-state index in [9.17, 15) is 4.39 Å². The Kier molecular flexibility index (Phi) is 5.02. The predicted octanol–water partition coefficient (Wildman–Crippen LogP) is 5.07. The first-order valence-corrected chi connectivity index (χ1v) is 10.2. The minimum atomic E-state index is -0.183. The van der Waals surface area contributed by atoms with Crippen molar-refractivity contribution in [2.45, 2.75) is 13.3 Å². The maximum atomic E-state index is 13.2. The Balaban J connectivity index is 1.69. The van der Waals surface area contributed by atoms with E-state index >= 15 is 0 Å². The van der Waals surface area contributed by atoms with Gasteiger partial charge in [-0.3, -0.25) is 0 Å². The van der Waals surface area contributed by atoms with Gasteiger partial charge in [0.25, 0.3) is 0 Å². The third-order valence-corrected chi connectivity index (χ3v) is 5.77.